The summed E-state index contributed by atoms with van der Waals surface area (Å²) in [7, 11) is -3.26. The van der Waals surface area contributed by atoms with E-state index in [2.05, 4.69) is 20.7 Å². The van der Waals surface area contributed by atoms with E-state index in [4.69, 9.17) is 0 Å². The number of alkyl halides is 1. The highest BCUT2D eigenvalue weighted by Crippen LogP contribution is 2.24. The molecule has 3 nitrogen and oxygen atoms in total. The summed E-state index contributed by atoms with van der Waals surface area (Å²) in [6, 6.07) is 7.42. The van der Waals surface area contributed by atoms with Gasteiger partial charge in [-0.05, 0) is 17.5 Å². The molecule has 0 aliphatic rings. The topological polar surface area (TPSA) is 46.2 Å². The third-order valence-corrected chi connectivity index (χ3v) is 4.62. The summed E-state index contributed by atoms with van der Waals surface area (Å²) in [6.07, 6.45) is 0. The van der Waals surface area contributed by atoms with Crippen LogP contribution < -0.4 is 4.72 Å². The largest absolute Gasteiger partial charge is 0.283 e. The number of para-hydroxylation sites is 1. The average molecular weight is 292 g/mol. The molecule has 0 atom stereocenters. The lowest BCUT2D eigenvalue weighted by atomic mass is 10.0. The van der Waals surface area contributed by atoms with Crippen LogP contribution in [0.1, 0.15) is 25.3 Å². The van der Waals surface area contributed by atoms with E-state index < -0.39 is 10.0 Å². The molecule has 0 spiro atoms. The number of halogens is 1. The van der Waals surface area contributed by atoms with Crippen molar-refractivity contribution in [2.45, 2.75) is 19.8 Å². The van der Waals surface area contributed by atoms with E-state index in [9.17, 15) is 8.42 Å². The molecule has 1 N–H and O–H groups in total. The van der Waals surface area contributed by atoms with Gasteiger partial charge in [0.2, 0.25) is 10.0 Å². The van der Waals surface area contributed by atoms with Gasteiger partial charge in [-0.3, -0.25) is 4.72 Å². The molecule has 0 heterocycles. The van der Waals surface area contributed by atoms with Crippen molar-refractivity contribution in [1.29, 1.82) is 0 Å². The van der Waals surface area contributed by atoms with Crippen LogP contribution in [0.25, 0.3) is 0 Å². The molecule has 0 aromatic heterocycles. The third-order valence-electron chi connectivity index (χ3n) is 1.99. The van der Waals surface area contributed by atoms with Crippen molar-refractivity contribution >= 4 is 31.6 Å². The molecule has 0 saturated heterocycles. The summed E-state index contributed by atoms with van der Waals surface area (Å²) in [5.74, 6) is 0.291. The van der Waals surface area contributed by atoms with Gasteiger partial charge in [-0.15, -0.1) is 0 Å². The fourth-order valence-corrected chi connectivity index (χ4v) is 2.21. The van der Waals surface area contributed by atoms with Crippen LogP contribution in [0.3, 0.4) is 0 Å². The summed E-state index contributed by atoms with van der Waals surface area (Å²) in [4.78, 5) is 0. The third kappa shape index (κ3) is 3.50. The van der Waals surface area contributed by atoms with Crippen LogP contribution in [-0.4, -0.2) is 13.1 Å². The number of anilines is 1. The molecule has 0 amide bonds. The van der Waals surface area contributed by atoms with E-state index in [1.54, 1.807) is 6.07 Å². The number of nitrogens with one attached hydrogen (secondary N) is 1. The SMILES string of the molecule is CC(C)c1ccccc1NS(=O)(=O)CBr. The van der Waals surface area contributed by atoms with E-state index in [1.807, 2.05) is 32.0 Å². The van der Waals surface area contributed by atoms with Gasteiger partial charge in [0.15, 0.2) is 0 Å². The quantitative estimate of drug-likeness (QED) is 0.867. The molecule has 5 heteroatoms. The Labute approximate surface area is 99.1 Å². The van der Waals surface area contributed by atoms with Crippen LogP contribution in [0.4, 0.5) is 5.69 Å². The number of hydrogen-bond donors (Lipinski definition) is 1. The molecule has 0 unspecified atom stereocenters. The van der Waals surface area contributed by atoms with Crippen molar-refractivity contribution in [2.24, 2.45) is 0 Å². The fourth-order valence-electron chi connectivity index (χ4n) is 1.29. The molecule has 84 valence electrons. The van der Waals surface area contributed by atoms with Crippen molar-refractivity contribution in [2.75, 3.05) is 9.38 Å². The maximum atomic E-state index is 11.4. The summed E-state index contributed by atoms with van der Waals surface area (Å²) in [5, 5.41) is 0. The van der Waals surface area contributed by atoms with E-state index in [1.165, 1.54) is 0 Å². The molecule has 0 aliphatic heterocycles. The zero-order valence-electron chi connectivity index (χ0n) is 8.70. The highest BCUT2D eigenvalue weighted by molar-refractivity contribution is 9.10. The van der Waals surface area contributed by atoms with E-state index in [-0.39, 0.29) is 4.66 Å². The van der Waals surface area contributed by atoms with Gasteiger partial charge in [-0.1, -0.05) is 48.0 Å². The Morgan fingerprint density at radius 3 is 2.47 bits per heavy atom. The van der Waals surface area contributed by atoms with Gasteiger partial charge in [0.1, 0.15) is 4.66 Å². The second kappa shape index (κ2) is 4.99. The fraction of sp³-hybridized carbons (Fsp3) is 0.400. The Kier molecular flexibility index (Phi) is 4.16. The molecule has 0 saturated carbocycles. The Bertz CT molecular complexity index is 429. The minimum atomic E-state index is -3.26. The highest BCUT2D eigenvalue weighted by atomic mass is 79.9. The average Bonchev–Trinajstić information content (AvgIpc) is 2.18. The molecular formula is C10H14BrNO2S. The molecule has 0 radical (unpaired) electrons. The van der Waals surface area contributed by atoms with Gasteiger partial charge < -0.3 is 0 Å². The van der Waals surface area contributed by atoms with E-state index in [0.717, 1.165) is 5.56 Å². The first kappa shape index (κ1) is 12.5. The first-order chi connectivity index (χ1) is 6.96. The Morgan fingerprint density at radius 1 is 1.33 bits per heavy atom. The van der Waals surface area contributed by atoms with Crippen LogP contribution in [0.5, 0.6) is 0 Å². The molecule has 15 heavy (non-hydrogen) atoms. The number of benzene rings is 1. The van der Waals surface area contributed by atoms with Gasteiger partial charge >= 0.3 is 0 Å². The Balaban J connectivity index is 3.05. The number of sulfonamides is 1. The summed E-state index contributed by atoms with van der Waals surface area (Å²) in [6.45, 7) is 4.06. The standard InChI is InChI=1S/C10H14BrNO2S/c1-8(2)9-5-3-4-6-10(9)12-15(13,14)7-11/h3-6,8,12H,7H2,1-2H3. The minimum absolute atomic E-state index is 0.0908. The van der Waals surface area contributed by atoms with Crippen molar-refractivity contribution in [3.05, 3.63) is 29.8 Å². The molecular weight excluding hydrogens is 278 g/mol. The second-order valence-electron chi connectivity index (χ2n) is 3.57. The monoisotopic (exact) mass is 291 g/mol. The van der Waals surface area contributed by atoms with Crippen molar-refractivity contribution in [3.8, 4) is 0 Å². The molecule has 1 aromatic carbocycles. The van der Waals surface area contributed by atoms with Crippen molar-refractivity contribution in [1.82, 2.24) is 0 Å². The number of hydrogen-bond acceptors (Lipinski definition) is 2. The van der Waals surface area contributed by atoms with Crippen molar-refractivity contribution < 1.29 is 8.42 Å². The van der Waals surface area contributed by atoms with Gasteiger partial charge in [0, 0.05) is 0 Å². The van der Waals surface area contributed by atoms with Crippen LogP contribution in [0, 0.1) is 0 Å². The maximum Gasteiger partial charge on any atom is 0.242 e. The second-order valence-corrected chi connectivity index (χ2v) is 6.59. The minimum Gasteiger partial charge on any atom is -0.283 e. The lowest BCUT2D eigenvalue weighted by Gasteiger charge is -2.13. The van der Waals surface area contributed by atoms with Crippen LogP contribution in [0.15, 0.2) is 24.3 Å². The first-order valence-corrected chi connectivity index (χ1v) is 7.39. The van der Waals surface area contributed by atoms with E-state index in [0.29, 0.717) is 11.6 Å². The van der Waals surface area contributed by atoms with Crippen LogP contribution in [-0.2, 0) is 10.0 Å². The maximum absolute atomic E-state index is 11.4. The summed E-state index contributed by atoms with van der Waals surface area (Å²) in [5.41, 5.74) is 1.66. The van der Waals surface area contributed by atoms with Gasteiger partial charge in [0.05, 0.1) is 5.69 Å². The predicted molar refractivity (Wildman–Crippen MR) is 66.9 cm³/mol. The smallest absolute Gasteiger partial charge is 0.242 e. The van der Waals surface area contributed by atoms with Gasteiger partial charge in [-0.25, -0.2) is 8.42 Å². The Morgan fingerprint density at radius 2 is 1.93 bits per heavy atom. The highest BCUT2D eigenvalue weighted by Gasteiger charge is 2.12. The molecule has 0 aliphatic carbocycles. The first-order valence-electron chi connectivity index (χ1n) is 4.61. The predicted octanol–water partition coefficient (Wildman–Crippen LogP) is 2.90. The normalized spacial score (nSPS) is 11.7. The van der Waals surface area contributed by atoms with Crippen molar-refractivity contribution in [3.63, 3.8) is 0 Å². The van der Waals surface area contributed by atoms with Gasteiger partial charge in [0.25, 0.3) is 0 Å². The van der Waals surface area contributed by atoms with Crippen LogP contribution >= 0.6 is 15.9 Å². The summed E-state index contributed by atoms with van der Waals surface area (Å²) >= 11 is 2.94. The van der Waals surface area contributed by atoms with Gasteiger partial charge in [-0.2, -0.15) is 0 Å². The lowest BCUT2D eigenvalue weighted by Crippen LogP contribution is -2.14. The zero-order chi connectivity index (χ0) is 11.5. The molecule has 1 aromatic rings. The molecule has 0 bridgehead atoms. The Hall–Kier alpha value is -0.550. The van der Waals surface area contributed by atoms with E-state index >= 15 is 0 Å². The lowest BCUT2D eigenvalue weighted by molar-refractivity contribution is 0.606. The molecule has 0 fully saturated rings. The zero-order valence-corrected chi connectivity index (χ0v) is 11.1. The summed E-state index contributed by atoms with van der Waals surface area (Å²) < 4.78 is 25.2. The number of rotatable bonds is 4. The van der Waals surface area contributed by atoms with Crippen LogP contribution in [0.2, 0.25) is 0 Å². The molecule has 1 rings (SSSR count).